The van der Waals surface area contributed by atoms with Crippen LogP contribution in [-0.2, 0) is 10.8 Å². The second-order valence-electron chi connectivity index (χ2n) is 30.4. The number of hydrogen-bond acceptors (Lipinski definition) is 2. The summed E-state index contributed by atoms with van der Waals surface area (Å²) in [6, 6.07) is 133. The van der Waals surface area contributed by atoms with Gasteiger partial charge in [-0.25, -0.2) is 0 Å². The molecule has 0 saturated carbocycles. The monoisotopic (exact) mass is 1330 g/mol. The first kappa shape index (κ1) is 62.5. The third-order valence-electron chi connectivity index (χ3n) is 22.0. The van der Waals surface area contributed by atoms with Crippen molar-refractivity contribution in [1.82, 2.24) is 4.57 Å². The van der Waals surface area contributed by atoms with Gasteiger partial charge in [0.05, 0.1) is 22.4 Å². The number of anilines is 6. The van der Waals surface area contributed by atoms with Crippen LogP contribution in [0.3, 0.4) is 0 Å². The summed E-state index contributed by atoms with van der Waals surface area (Å²) in [6.07, 6.45) is 0. The fraction of sp³-hybridized carbons (Fsp3) is 0.0800. The Balaban J connectivity index is 0.970. The largest absolute Gasteiger partial charge is 0.310 e. The molecule has 0 unspecified atom stereocenters. The highest BCUT2D eigenvalue weighted by Crippen LogP contribution is 2.55. The molecule has 4 heteroatoms. The van der Waals surface area contributed by atoms with Crippen molar-refractivity contribution in [3.63, 3.8) is 0 Å². The number of rotatable bonds is 10. The molecule has 0 atom stereocenters. The van der Waals surface area contributed by atoms with Gasteiger partial charge in [0.25, 0.3) is 6.71 Å². The smallest absolute Gasteiger partial charge is 0.252 e. The van der Waals surface area contributed by atoms with Crippen molar-refractivity contribution in [3.8, 4) is 83.6 Å². The molecule has 0 spiro atoms. The van der Waals surface area contributed by atoms with Crippen molar-refractivity contribution < 1.29 is 0 Å². The van der Waals surface area contributed by atoms with E-state index >= 15 is 0 Å². The molecule has 0 radical (unpaired) electrons. The van der Waals surface area contributed by atoms with Crippen LogP contribution < -0.4 is 26.2 Å². The van der Waals surface area contributed by atoms with Gasteiger partial charge >= 0.3 is 0 Å². The number of aromatic nitrogens is 1. The summed E-state index contributed by atoms with van der Waals surface area (Å²) in [4.78, 5) is 5.37. The molecular formula is C100H76BN3. The van der Waals surface area contributed by atoms with Gasteiger partial charge in [0.1, 0.15) is 0 Å². The number of fused-ring (bicyclic) bond motifs is 9. The lowest BCUT2D eigenvalue weighted by Gasteiger charge is -2.46. The minimum absolute atomic E-state index is 0.0566. The predicted octanol–water partition coefficient (Wildman–Crippen LogP) is 25.4. The van der Waals surface area contributed by atoms with Gasteiger partial charge in [0, 0.05) is 61.5 Å². The highest BCUT2D eigenvalue weighted by atomic mass is 15.2. The van der Waals surface area contributed by atoms with Crippen LogP contribution in [0.4, 0.5) is 34.1 Å². The highest BCUT2D eigenvalue weighted by Gasteiger charge is 2.46. The zero-order valence-electron chi connectivity index (χ0n) is 59.4. The molecule has 3 nitrogen and oxygen atoms in total. The van der Waals surface area contributed by atoms with E-state index in [4.69, 9.17) is 0 Å². The molecule has 19 rings (SSSR count). The van der Waals surface area contributed by atoms with Crippen LogP contribution in [0.25, 0.3) is 127 Å². The van der Waals surface area contributed by atoms with E-state index in [1.165, 1.54) is 76.4 Å². The first-order chi connectivity index (χ1) is 50.9. The number of benzene rings is 16. The SMILES string of the molecule is CC(C)(C)c1ccc2c(c1)c1cc(C(C)(C)C)ccc1n2-c1ccc2c(c1)N(c1c(-c3ccccc3)cc(-c3ccccc3)cc1-c1ccccc1)c1cccc3c1B2c1ccc(-c2c4ccccc4cc4ccccc24)cc1N3c1c(-c2ccccc2)cc(-c2ccccc2)cc1-c1ccccc1. The normalized spacial score (nSPS) is 12.7. The topological polar surface area (TPSA) is 11.4 Å². The Morgan fingerprint density at radius 3 is 1.02 bits per heavy atom. The van der Waals surface area contributed by atoms with Crippen molar-refractivity contribution in [1.29, 1.82) is 0 Å². The van der Waals surface area contributed by atoms with Gasteiger partial charge in [-0.1, -0.05) is 308 Å². The minimum atomic E-state index is -0.235. The summed E-state index contributed by atoms with van der Waals surface area (Å²) in [5.41, 5.74) is 32.4. The molecule has 1 aromatic heterocycles. The van der Waals surface area contributed by atoms with Crippen molar-refractivity contribution >= 4 is 101 Å². The molecule has 2 aliphatic heterocycles. The fourth-order valence-corrected chi connectivity index (χ4v) is 16.9. The summed E-state index contributed by atoms with van der Waals surface area (Å²) in [7, 11) is 0. The van der Waals surface area contributed by atoms with Gasteiger partial charge in [-0.15, -0.1) is 0 Å². The van der Waals surface area contributed by atoms with Crippen LogP contribution in [0.15, 0.2) is 352 Å². The van der Waals surface area contributed by atoms with Gasteiger partial charge in [-0.3, -0.25) is 0 Å². The lowest BCUT2D eigenvalue weighted by molar-refractivity contribution is 0.590. The Labute approximate surface area is 610 Å². The predicted molar refractivity (Wildman–Crippen MR) is 445 cm³/mol. The van der Waals surface area contributed by atoms with Gasteiger partial charge in [-0.05, 0) is 200 Å². The first-order valence-electron chi connectivity index (χ1n) is 36.6. The molecule has 16 aromatic carbocycles. The average molecular weight is 1330 g/mol. The van der Waals surface area contributed by atoms with E-state index in [1.807, 2.05) is 0 Å². The fourth-order valence-electron chi connectivity index (χ4n) is 16.9. The second-order valence-corrected chi connectivity index (χ2v) is 30.4. The van der Waals surface area contributed by atoms with Crippen LogP contribution in [0.1, 0.15) is 52.7 Å². The number of nitrogens with zero attached hydrogens (tertiary/aromatic N) is 3. The molecule has 0 amide bonds. The van der Waals surface area contributed by atoms with Crippen molar-refractivity contribution in [2.75, 3.05) is 9.80 Å². The highest BCUT2D eigenvalue weighted by molar-refractivity contribution is 7.00. The molecule has 2 aliphatic rings. The van der Waals surface area contributed by atoms with E-state index in [0.29, 0.717) is 0 Å². The first-order valence-corrected chi connectivity index (χ1v) is 36.6. The quantitative estimate of drug-likeness (QED) is 0.0999. The zero-order chi connectivity index (χ0) is 70.0. The van der Waals surface area contributed by atoms with Crippen LogP contribution in [-0.4, -0.2) is 11.3 Å². The van der Waals surface area contributed by atoms with Gasteiger partial charge in [0.2, 0.25) is 0 Å². The van der Waals surface area contributed by atoms with Crippen LogP contribution in [0.2, 0.25) is 0 Å². The Morgan fingerprint density at radius 1 is 0.250 bits per heavy atom. The third kappa shape index (κ3) is 10.4. The summed E-state index contributed by atoms with van der Waals surface area (Å²) < 4.78 is 2.55. The lowest BCUT2D eigenvalue weighted by Crippen LogP contribution is -2.61. The maximum absolute atomic E-state index is 2.69. The van der Waals surface area contributed by atoms with E-state index in [-0.39, 0.29) is 17.5 Å². The molecule has 17 aromatic rings. The van der Waals surface area contributed by atoms with Gasteiger partial charge in [-0.2, -0.15) is 0 Å². The molecule has 0 bridgehead atoms. The maximum Gasteiger partial charge on any atom is 0.252 e. The molecule has 0 fully saturated rings. The molecule has 0 aliphatic carbocycles. The molecule has 494 valence electrons. The van der Waals surface area contributed by atoms with Gasteiger partial charge in [0.15, 0.2) is 0 Å². The molecule has 0 saturated heterocycles. The summed E-state index contributed by atoms with van der Waals surface area (Å²) in [5.74, 6) is 0. The molecule has 3 heterocycles. The minimum Gasteiger partial charge on any atom is -0.310 e. The van der Waals surface area contributed by atoms with E-state index in [2.05, 4.69) is 408 Å². The number of hydrogen-bond donors (Lipinski definition) is 0. The average Bonchev–Trinajstić information content (AvgIpc) is 0.739. The molecule has 104 heavy (non-hydrogen) atoms. The van der Waals surface area contributed by atoms with Crippen molar-refractivity contribution in [2.24, 2.45) is 0 Å². The lowest BCUT2D eigenvalue weighted by atomic mass is 9.33. The standard InChI is InChI=1S/C100H76BN3/c1-99(2,3)76-49-54-89-85(62-76)86-63-77(100(4,5)6)50-55-90(86)102(89)78-51-53-88-94(64-78)104(98-83(69-38-21-11-22-39-69)59-75(66-32-15-8-16-33-66)60-84(98)70-40-23-12-24-41-70)92-47-29-46-91-96(92)101(88)87-52-48-73(95-79-44-27-25-42-71(79)56-72-43-26-28-45-80(72)95)61-93(87)103(91)97-81(67-34-17-9-18-35-67)57-74(65-30-13-7-14-31-65)58-82(97)68-36-19-10-20-37-68/h7-64H,1-6H3. The van der Waals surface area contributed by atoms with Gasteiger partial charge < -0.3 is 14.4 Å². The maximum atomic E-state index is 2.69. The summed E-state index contributed by atoms with van der Waals surface area (Å²) in [5, 5.41) is 7.39. The van der Waals surface area contributed by atoms with Crippen LogP contribution in [0, 0.1) is 0 Å². The molecule has 0 N–H and O–H groups in total. The van der Waals surface area contributed by atoms with Crippen molar-refractivity contribution in [3.05, 3.63) is 363 Å². The van der Waals surface area contributed by atoms with E-state index < -0.39 is 0 Å². The second kappa shape index (κ2) is 24.6. The third-order valence-corrected chi connectivity index (χ3v) is 22.0. The van der Waals surface area contributed by atoms with E-state index in [1.54, 1.807) is 0 Å². The van der Waals surface area contributed by atoms with Crippen LogP contribution in [0.5, 0.6) is 0 Å². The molecular weight excluding hydrogens is 1250 g/mol. The zero-order valence-corrected chi connectivity index (χ0v) is 59.4. The Kier molecular flexibility index (Phi) is 14.8. The Hall–Kier alpha value is -12.5. The Morgan fingerprint density at radius 2 is 0.615 bits per heavy atom. The Bertz CT molecular complexity index is 5980. The van der Waals surface area contributed by atoms with E-state index in [9.17, 15) is 0 Å². The van der Waals surface area contributed by atoms with Crippen molar-refractivity contribution in [2.45, 2.75) is 52.4 Å². The van der Waals surface area contributed by atoms with E-state index in [0.717, 1.165) is 112 Å². The van der Waals surface area contributed by atoms with Crippen LogP contribution >= 0.6 is 0 Å². The summed E-state index contributed by atoms with van der Waals surface area (Å²) in [6.45, 7) is 13.7. The summed E-state index contributed by atoms with van der Waals surface area (Å²) >= 11 is 0.